The fourth-order valence-corrected chi connectivity index (χ4v) is 4.94. The Hall–Kier alpha value is -3.07. The van der Waals surface area contributed by atoms with Gasteiger partial charge in [-0.25, -0.2) is 4.79 Å². The summed E-state index contributed by atoms with van der Waals surface area (Å²) in [5.74, 6) is 0.267. The molecule has 1 aliphatic heterocycles. The lowest BCUT2D eigenvalue weighted by atomic mass is 9.88. The SMILES string of the molecule is CCCCCCCNC(=O)N(C)c1cccc(-c2ccc(C3CCN[C@@H]3C(C)=O)cc2OCCC(F)(F)F)c1. The van der Waals surface area contributed by atoms with Crippen molar-refractivity contribution >= 4 is 17.5 Å². The fourth-order valence-electron chi connectivity index (χ4n) is 4.94. The standard InChI is InChI=1S/C30H40F3N3O3/c1-4-5-6-7-8-16-35-29(38)36(3)24-11-9-10-22(19-24)25-13-12-23(26-14-17-34-28(26)21(2)37)20-27(25)39-18-15-30(31,32)33/h9-13,19-20,26,28,34H,4-8,14-18H2,1-3H3,(H,35,38)/t26?,28-/m1/s1. The molecule has 214 valence electrons. The summed E-state index contributed by atoms with van der Waals surface area (Å²) in [7, 11) is 1.68. The first-order valence-electron chi connectivity index (χ1n) is 13.8. The number of rotatable bonds is 13. The summed E-state index contributed by atoms with van der Waals surface area (Å²) >= 11 is 0. The van der Waals surface area contributed by atoms with Crippen LogP contribution in [0, 0.1) is 0 Å². The lowest BCUT2D eigenvalue weighted by molar-refractivity contribution is -0.139. The average Bonchev–Trinajstić information content (AvgIpc) is 3.40. The molecule has 1 fully saturated rings. The Morgan fingerprint density at radius 1 is 1.10 bits per heavy atom. The number of ether oxygens (including phenoxy) is 1. The van der Waals surface area contributed by atoms with Crippen LogP contribution >= 0.6 is 0 Å². The predicted molar refractivity (Wildman–Crippen MR) is 148 cm³/mol. The molecule has 1 unspecified atom stereocenters. The Kier molecular flexibility index (Phi) is 11.2. The minimum atomic E-state index is -4.33. The van der Waals surface area contributed by atoms with Gasteiger partial charge in [-0.1, -0.05) is 56.9 Å². The van der Waals surface area contributed by atoms with Crippen molar-refractivity contribution in [2.24, 2.45) is 0 Å². The van der Waals surface area contributed by atoms with E-state index in [1.165, 1.54) is 24.7 Å². The molecule has 2 atom stereocenters. The van der Waals surface area contributed by atoms with Crippen molar-refractivity contribution in [2.45, 2.75) is 76.9 Å². The third-order valence-corrected chi connectivity index (χ3v) is 7.14. The van der Waals surface area contributed by atoms with Crippen molar-refractivity contribution in [1.29, 1.82) is 0 Å². The number of nitrogens with one attached hydrogen (secondary N) is 2. The van der Waals surface area contributed by atoms with Gasteiger partial charge in [-0.15, -0.1) is 0 Å². The van der Waals surface area contributed by atoms with E-state index in [1.807, 2.05) is 30.3 Å². The molecule has 3 rings (SSSR count). The molecule has 6 nitrogen and oxygen atoms in total. The highest BCUT2D eigenvalue weighted by Gasteiger charge is 2.32. The molecule has 1 heterocycles. The smallest absolute Gasteiger partial charge is 0.392 e. The minimum Gasteiger partial charge on any atom is -0.493 e. The Morgan fingerprint density at radius 3 is 2.59 bits per heavy atom. The number of carbonyl (C=O) groups is 2. The molecule has 2 aromatic carbocycles. The van der Waals surface area contributed by atoms with Crippen molar-refractivity contribution in [2.75, 3.05) is 31.6 Å². The molecule has 39 heavy (non-hydrogen) atoms. The second-order valence-electron chi connectivity index (χ2n) is 10.2. The van der Waals surface area contributed by atoms with E-state index in [-0.39, 0.29) is 23.8 Å². The Morgan fingerprint density at radius 2 is 1.87 bits per heavy atom. The molecule has 1 aliphatic rings. The van der Waals surface area contributed by atoms with Crippen molar-refractivity contribution in [3.05, 3.63) is 48.0 Å². The zero-order chi connectivity index (χ0) is 28.4. The van der Waals surface area contributed by atoms with Crippen LogP contribution < -0.4 is 20.3 Å². The van der Waals surface area contributed by atoms with Crippen LogP contribution in [0.5, 0.6) is 5.75 Å². The summed E-state index contributed by atoms with van der Waals surface area (Å²) in [6.07, 6.45) is 0.856. The number of urea groups is 1. The molecule has 9 heteroatoms. The number of halogens is 3. The third kappa shape index (κ3) is 8.98. The Bertz CT molecular complexity index is 1110. The van der Waals surface area contributed by atoms with Crippen LogP contribution in [0.15, 0.2) is 42.5 Å². The molecule has 0 aromatic heterocycles. The maximum Gasteiger partial charge on any atom is 0.392 e. The maximum atomic E-state index is 12.9. The highest BCUT2D eigenvalue weighted by atomic mass is 19.4. The van der Waals surface area contributed by atoms with E-state index < -0.39 is 19.2 Å². The molecule has 0 saturated carbocycles. The summed E-state index contributed by atoms with van der Waals surface area (Å²) in [6.45, 7) is 4.47. The molecule has 2 aromatic rings. The molecule has 0 aliphatic carbocycles. The van der Waals surface area contributed by atoms with Gasteiger partial charge in [-0.05, 0) is 55.6 Å². The lowest BCUT2D eigenvalue weighted by Crippen LogP contribution is -2.37. The van der Waals surface area contributed by atoms with Gasteiger partial charge in [0.2, 0.25) is 0 Å². The van der Waals surface area contributed by atoms with Crippen molar-refractivity contribution < 1.29 is 27.5 Å². The number of alkyl halides is 3. The molecule has 2 N–H and O–H groups in total. The maximum absolute atomic E-state index is 12.9. The van der Waals surface area contributed by atoms with Gasteiger partial charge in [0.1, 0.15) is 11.5 Å². The average molecular weight is 548 g/mol. The van der Waals surface area contributed by atoms with Crippen LogP contribution in [0.1, 0.15) is 70.3 Å². The lowest BCUT2D eigenvalue weighted by Gasteiger charge is -2.21. The number of anilines is 1. The number of ketones is 1. The monoisotopic (exact) mass is 547 g/mol. The molecular weight excluding hydrogens is 507 g/mol. The number of unbranched alkanes of at least 4 members (excludes halogenated alkanes) is 4. The second-order valence-corrected chi connectivity index (χ2v) is 10.2. The number of carbonyl (C=O) groups excluding carboxylic acids is 2. The summed E-state index contributed by atoms with van der Waals surface area (Å²) in [5, 5.41) is 6.15. The number of nitrogens with zero attached hydrogens (tertiary/aromatic N) is 1. The van der Waals surface area contributed by atoms with Gasteiger partial charge in [0, 0.05) is 30.8 Å². The number of benzene rings is 2. The largest absolute Gasteiger partial charge is 0.493 e. The molecule has 2 amide bonds. The van der Waals surface area contributed by atoms with Crippen LogP contribution in [0.25, 0.3) is 11.1 Å². The van der Waals surface area contributed by atoms with Gasteiger partial charge in [0.15, 0.2) is 0 Å². The highest BCUT2D eigenvalue weighted by Crippen LogP contribution is 2.38. The van der Waals surface area contributed by atoms with E-state index >= 15 is 0 Å². The van der Waals surface area contributed by atoms with Gasteiger partial charge in [0.25, 0.3) is 0 Å². The van der Waals surface area contributed by atoms with E-state index in [9.17, 15) is 22.8 Å². The molecule has 0 spiro atoms. The van der Waals surface area contributed by atoms with Gasteiger partial charge >= 0.3 is 12.2 Å². The first kappa shape index (κ1) is 30.5. The quantitative estimate of drug-likeness (QED) is 0.270. The van der Waals surface area contributed by atoms with Crippen LogP contribution in [0.4, 0.5) is 23.7 Å². The van der Waals surface area contributed by atoms with Crippen LogP contribution in [0.3, 0.4) is 0 Å². The van der Waals surface area contributed by atoms with Gasteiger partial charge in [-0.3, -0.25) is 9.69 Å². The van der Waals surface area contributed by atoms with E-state index in [0.717, 1.165) is 31.2 Å². The van der Waals surface area contributed by atoms with Crippen molar-refractivity contribution in [1.82, 2.24) is 10.6 Å². The molecule has 1 saturated heterocycles. The number of Topliss-reactive ketones (excluding diaryl/α,β-unsaturated/α-hetero) is 1. The van der Waals surface area contributed by atoms with Crippen LogP contribution in [-0.4, -0.2) is 50.8 Å². The molecule has 0 radical (unpaired) electrons. The number of amides is 2. The molecular formula is C30H40F3N3O3. The highest BCUT2D eigenvalue weighted by molar-refractivity contribution is 5.92. The zero-order valence-corrected chi connectivity index (χ0v) is 23.1. The fraction of sp³-hybridized carbons (Fsp3) is 0.533. The minimum absolute atomic E-state index is 0.0242. The third-order valence-electron chi connectivity index (χ3n) is 7.14. The van der Waals surface area contributed by atoms with Crippen molar-refractivity contribution in [3.8, 4) is 16.9 Å². The van der Waals surface area contributed by atoms with Gasteiger partial charge in [0.05, 0.1) is 19.1 Å². The Labute approximate surface area is 229 Å². The molecule has 0 bridgehead atoms. The van der Waals surface area contributed by atoms with Crippen LogP contribution in [-0.2, 0) is 4.79 Å². The number of hydrogen-bond acceptors (Lipinski definition) is 4. The normalized spacial score (nSPS) is 17.2. The van der Waals surface area contributed by atoms with E-state index in [4.69, 9.17) is 4.74 Å². The van der Waals surface area contributed by atoms with E-state index in [1.54, 1.807) is 19.2 Å². The number of hydrogen-bond donors (Lipinski definition) is 2. The zero-order valence-electron chi connectivity index (χ0n) is 23.1. The first-order valence-corrected chi connectivity index (χ1v) is 13.8. The predicted octanol–water partition coefficient (Wildman–Crippen LogP) is 6.84. The topological polar surface area (TPSA) is 70.7 Å². The summed E-state index contributed by atoms with van der Waals surface area (Å²) in [4.78, 5) is 26.3. The first-order chi connectivity index (χ1) is 18.6. The van der Waals surface area contributed by atoms with E-state index in [0.29, 0.717) is 35.7 Å². The van der Waals surface area contributed by atoms with Crippen molar-refractivity contribution in [3.63, 3.8) is 0 Å². The summed E-state index contributed by atoms with van der Waals surface area (Å²) in [5.41, 5.74) is 2.83. The Balaban J connectivity index is 1.81. The van der Waals surface area contributed by atoms with Gasteiger partial charge in [-0.2, -0.15) is 13.2 Å². The van der Waals surface area contributed by atoms with E-state index in [2.05, 4.69) is 17.6 Å². The summed E-state index contributed by atoms with van der Waals surface area (Å²) in [6, 6.07) is 12.2. The summed E-state index contributed by atoms with van der Waals surface area (Å²) < 4.78 is 44.3. The van der Waals surface area contributed by atoms with Gasteiger partial charge < -0.3 is 15.4 Å². The second kappa shape index (κ2) is 14.4. The van der Waals surface area contributed by atoms with Crippen LogP contribution in [0.2, 0.25) is 0 Å².